The van der Waals surface area contributed by atoms with Crippen LogP contribution in [0.2, 0.25) is 0 Å². The standard InChI is InChI=1S/C14H19FN2O3/c1-2-5-10(18)8-16-13(19)9-17-14(20)11-6-3-4-7-12(11)15/h3-4,6-7,10,18H,2,5,8-9H2,1H3,(H,16,19)(H,17,20). The molecule has 1 aromatic carbocycles. The highest BCUT2D eigenvalue weighted by atomic mass is 19.1. The van der Waals surface area contributed by atoms with E-state index in [0.29, 0.717) is 6.42 Å². The Balaban J connectivity index is 2.34. The second-order valence-corrected chi connectivity index (χ2v) is 4.41. The van der Waals surface area contributed by atoms with Crippen LogP contribution in [0.15, 0.2) is 24.3 Å². The molecular weight excluding hydrogens is 263 g/mol. The van der Waals surface area contributed by atoms with Crippen molar-refractivity contribution in [3.8, 4) is 0 Å². The molecule has 20 heavy (non-hydrogen) atoms. The molecule has 0 saturated heterocycles. The van der Waals surface area contributed by atoms with Crippen LogP contribution in [-0.2, 0) is 4.79 Å². The lowest BCUT2D eigenvalue weighted by atomic mass is 10.2. The van der Waals surface area contributed by atoms with Gasteiger partial charge in [0, 0.05) is 6.54 Å². The van der Waals surface area contributed by atoms with E-state index < -0.39 is 23.7 Å². The van der Waals surface area contributed by atoms with Gasteiger partial charge in [0.1, 0.15) is 5.82 Å². The number of hydrogen-bond donors (Lipinski definition) is 3. The fourth-order valence-electron chi connectivity index (χ4n) is 1.63. The van der Waals surface area contributed by atoms with Crippen molar-refractivity contribution in [1.82, 2.24) is 10.6 Å². The van der Waals surface area contributed by atoms with Crippen molar-refractivity contribution < 1.29 is 19.1 Å². The molecule has 3 N–H and O–H groups in total. The van der Waals surface area contributed by atoms with E-state index in [0.717, 1.165) is 6.42 Å². The first-order valence-corrected chi connectivity index (χ1v) is 6.52. The molecule has 0 radical (unpaired) electrons. The summed E-state index contributed by atoms with van der Waals surface area (Å²) in [5.74, 6) is -1.71. The number of carbonyl (C=O) groups is 2. The second-order valence-electron chi connectivity index (χ2n) is 4.41. The average molecular weight is 282 g/mol. The van der Waals surface area contributed by atoms with Crippen LogP contribution in [0.25, 0.3) is 0 Å². The number of benzene rings is 1. The van der Waals surface area contributed by atoms with Crippen molar-refractivity contribution in [1.29, 1.82) is 0 Å². The van der Waals surface area contributed by atoms with Crippen LogP contribution in [-0.4, -0.2) is 36.1 Å². The van der Waals surface area contributed by atoms with E-state index in [9.17, 15) is 19.1 Å². The Morgan fingerprint density at radius 2 is 2.00 bits per heavy atom. The summed E-state index contributed by atoms with van der Waals surface area (Å²) in [6.07, 6.45) is 0.828. The van der Waals surface area contributed by atoms with Crippen molar-refractivity contribution in [3.05, 3.63) is 35.6 Å². The van der Waals surface area contributed by atoms with Crippen LogP contribution in [0.1, 0.15) is 30.1 Å². The van der Waals surface area contributed by atoms with Gasteiger partial charge in [-0.05, 0) is 18.6 Å². The minimum Gasteiger partial charge on any atom is -0.391 e. The summed E-state index contributed by atoms with van der Waals surface area (Å²) in [7, 11) is 0. The van der Waals surface area contributed by atoms with Crippen LogP contribution in [0.5, 0.6) is 0 Å². The molecule has 0 spiro atoms. The lowest BCUT2D eigenvalue weighted by molar-refractivity contribution is -0.120. The maximum atomic E-state index is 13.3. The smallest absolute Gasteiger partial charge is 0.254 e. The zero-order chi connectivity index (χ0) is 15.0. The van der Waals surface area contributed by atoms with Gasteiger partial charge in [-0.2, -0.15) is 0 Å². The SMILES string of the molecule is CCCC(O)CNC(=O)CNC(=O)c1ccccc1F. The molecule has 6 heteroatoms. The molecule has 0 bridgehead atoms. The van der Waals surface area contributed by atoms with Gasteiger partial charge in [-0.25, -0.2) is 4.39 Å². The topological polar surface area (TPSA) is 78.4 Å². The maximum Gasteiger partial charge on any atom is 0.254 e. The Bertz CT molecular complexity index is 465. The van der Waals surface area contributed by atoms with Crippen molar-refractivity contribution in [2.24, 2.45) is 0 Å². The second kappa shape index (κ2) is 8.27. The first kappa shape index (κ1) is 16.1. The Kier molecular flexibility index (Phi) is 6.66. The van der Waals surface area contributed by atoms with Crippen LogP contribution in [0.4, 0.5) is 4.39 Å². The molecule has 0 aliphatic rings. The normalized spacial score (nSPS) is 11.8. The van der Waals surface area contributed by atoms with Gasteiger partial charge in [-0.15, -0.1) is 0 Å². The maximum absolute atomic E-state index is 13.3. The predicted octanol–water partition coefficient (Wildman–Crippen LogP) is 0.833. The van der Waals surface area contributed by atoms with E-state index in [1.54, 1.807) is 6.07 Å². The zero-order valence-corrected chi connectivity index (χ0v) is 11.4. The van der Waals surface area contributed by atoms with Crippen LogP contribution < -0.4 is 10.6 Å². The van der Waals surface area contributed by atoms with E-state index in [4.69, 9.17) is 0 Å². The Hall–Kier alpha value is -1.95. The Morgan fingerprint density at radius 3 is 2.65 bits per heavy atom. The van der Waals surface area contributed by atoms with Gasteiger partial charge in [0.05, 0.1) is 18.2 Å². The summed E-state index contributed by atoms with van der Waals surface area (Å²) in [5.41, 5.74) is -0.105. The number of hydrogen-bond acceptors (Lipinski definition) is 3. The summed E-state index contributed by atoms with van der Waals surface area (Å²) in [6, 6.07) is 5.54. The van der Waals surface area contributed by atoms with Gasteiger partial charge in [0.2, 0.25) is 5.91 Å². The molecule has 1 aromatic rings. The van der Waals surface area contributed by atoms with Crippen LogP contribution in [0, 0.1) is 5.82 Å². The summed E-state index contributed by atoms with van der Waals surface area (Å²) >= 11 is 0. The summed E-state index contributed by atoms with van der Waals surface area (Å²) < 4.78 is 13.3. The summed E-state index contributed by atoms with van der Waals surface area (Å²) in [5, 5.41) is 14.3. The molecular formula is C14H19FN2O3. The first-order valence-electron chi connectivity index (χ1n) is 6.52. The van der Waals surface area contributed by atoms with Crippen molar-refractivity contribution >= 4 is 11.8 Å². The van der Waals surface area contributed by atoms with Crippen molar-refractivity contribution in [2.75, 3.05) is 13.1 Å². The van der Waals surface area contributed by atoms with Gasteiger partial charge in [-0.3, -0.25) is 9.59 Å². The number of halogens is 1. The molecule has 0 aliphatic carbocycles. The Labute approximate surface area is 117 Å². The lowest BCUT2D eigenvalue weighted by Gasteiger charge is -2.11. The molecule has 0 aromatic heterocycles. The van der Waals surface area contributed by atoms with E-state index in [1.807, 2.05) is 6.92 Å². The van der Waals surface area contributed by atoms with E-state index in [2.05, 4.69) is 10.6 Å². The summed E-state index contributed by atoms with van der Waals surface area (Å²) in [6.45, 7) is 1.81. The van der Waals surface area contributed by atoms with Crippen LogP contribution >= 0.6 is 0 Å². The number of amides is 2. The molecule has 1 unspecified atom stereocenters. The number of aliphatic hydroxyl groups excluding tert-OH is 1. The van der Waals surface area contributed by atoms with E-state index >= 15 is 0 Å². The van der Waals surface area contributed by atoms with Gasteiger partial charge >= 0.3 is 0 Å². The highest BCUT2D eigenvalue weighted by Gasteiger charge is 2.12. The molecule has 0 heterocycles. The monoisotopic (exact) mass is 282 g/mol. The third-order valence-corrected chi connectivity index (χ3v) is 2.68. The molecule has 0 fully saturated rings. The number of rotatable bonds is 7. The molecule has 110 valence electrons. The summed E-state index contributed by atoms with van der Waals surface area (Å²) in [4.78, 5) is 23.1. The number of nitrogens with one attached hydrogen (secondary N) is 2. The Morgan fingerprint density at radius 1 is 1.30 bits per heavy atom. The number of carbonyl (C=O) groups excluding carboxylic acids is 2. The van der Waals surface area contributed by atoms with Gasteiger partial charge in [0.15, 0.2) is 0 Å². The molecule has 1 atom stereocenters. The minimum atomic E-state index is -0.646. The van der Waals surface area contributed by atoms with Gasteiger partial charge in [0.25, 0.3) is 5.91 Å². The van der Waals surface area contributed by atoms with Gasteiger partial charge < -0.3 is 15.7 Å². The fraction of sp³-hybridized carbons (Fsp3) is 0.429. The average Bonchev–Trinajstić information content (AvgIpc) is 2.43. The van der Waals surface area contributed by atoms with E-state index in [-0.39, 0.29) is 18.7 Å². The fourth-order valence-corrected chi connectivity index (χ4v) is 1.63. The lowest BCUT2D eigenvalue weighted by Crippen LogP contribution is -2.40. The minimum absolute atomic E-state index is 0.105. The van der Waals surface area contributed by atoms with E-state index in [1.165, 1.54) is 18.2 Å². The third kappa shape index (κ3) is 5.36. The van der Waals surface area contributed by atoms with Crippen LogP contribution in [0.3, 0.4) is 0 Å². The zero-order valence-electron chi connectivity index (χ0n) is 11.4. The quantitative estimate of drug-likeness (QED) is 0.693. The van der Waals surface area contributed by atoms with Crippen molar-refractivity contribution in [3.63, 3.8) is 0 Å². The van der Waals surface area contributed by atoms with Gasteiger partial charge in [-0.1, -0.05) is 25.5 Å². The molecule has 0 saturated carbocycles. The number of aliphatic hydroxyl groups is 1. The highest BCUT2D eigenvalue weighted by molar-refractivity contribution is 5.96. The highest BCUT2D eigenvalue weighted by Crippen LogP contribution is 2.05. The molecule has 2 amide bonds. The third-order valence-electron chi connectivity index (χ3n) is 2.68. The molecule has 0 aliphatic heterocycles. The molecule has 5 nitrogen and oxygen atoms in total. The van der Waals surface area contributed by atoms with Crippen molar-refractivity contribution in [2.45, 2.75) is 25.9 Å². The first-order chi connectivity index (χ1) is 9.54. The largest absolute Gasteiger partial charge is 0.391 e. The predicted molar refractivity (Wildman–Crippen MR) is 72.7 cm³/mol. The molecule has 1 rings (SSSR count).